The van der Waals surface area contributed by atoms with Gasteiger partial charge >= 0.3 is 0 Å². The van der Waals surface area contributed by atoms with Crippen LogP contribution in [0, 0.1) is 0 Å². The molecule has 3 nitrogen and oxygen atoms in total. The fourth-order valence-corrected chi connectivity index (χ4v) is 2.15. The zero-order chi connectivity index (χ0) is 13.7. The second kappa shape index (κ2) is 6.92. The summed E-state index contributed by atoms with van der Waals surface area (Å²) in [5.41, 5.74) is 1.24. The number of nitrogens with one attached hydrogen (secondary N) is 1. The number of benzene rings is 1. The average molecular weight is 263 g/mol. The van der Waals surface area contributed by atoms with Crippen LogP contribution in [0.4, 0.5) is 0 Å². The molecule has 19 heavy (non-hydrogen) atoms. The fourth-order valence-electron chi connectivity index (χ4n) is 2.15. The van der Waals surface area contributed by atoms with E-state index in [0.717, 1.165) is 18.7 Å². The summed E-state index contributed by atoms with van der Waals surface area (Å²) in [7, 11) is 1.76. The van der Waals surface area contributed by atoms with E-state index in [1.165, 1.54) is 18.4 Å². The Kier molecular flexibility index (Phi) is 5.23. The van der Waals surface area contributed by atoms with Crippen molar-refractivity contribution in [1.29, 1.82) is 0 Å². The molecule has 0 aliphatic heterocycles. The lowest BCUT2D eigenvalue weighted by Gasteiger charge is -2.25. The molecule has 106 valence electrons. The van der Waals surface area contributed by atoms with Gasteiger partial charge in [0.05, 0.1) is 18.2 Å². The topological polar surface area (TPSA) is 30.5 Å². The van der Waals surface area contributed by atoms with Crippen molar-refractivity contribution in [2.24, 2.45) is 0 Å². The highest BCUT2D eigenvalue weighted by molar-refractivity contribution is 5.31. The molecule has 0 bridgehead atoms. The average Bonchev–Trinajstić information content (AvgIpc) is 3.23. The Morgan fingerprint density at radius 2 is 2.16 bits per heavy atom. The lowest BCUT2D eigenvalue weighted by Crippen LogP contribution is -2.32. The predicted octanol–water partition coefficient (Wildman–Crippen LogP) is 3.30. The molecule has 1 aromatic carbocycles. The van der Waals surface area contributed by atoms with Crippen LogP contribution >= 0.6 is 0 Å². The van der Waals surface area contributed by atoms with Crippen LogP contribution in [0.15, 0.2) is 24.3 Å². The second-order valence-corrected chi connectivity index (χ2v) is 5.26. The van der Waals surface area contributed by atoms with E-state index in [1.807, 2.05) is 6.07 Å². The smallest absolute Gasteiger partial charge is 0.120 e. The van der Waals surface area contributed by atoms with Gasteiger partial charge in [-0.15, -0.1) is 0 Å². The summed E-state index contributed by atoms with van der Waals surface area (Å²) in [5, 5.41) is 3.55. The molecule has 1 aliphatic rings. The molecule has 0 amide bonds. The molecule has 1 saturated carbocycles. The highest BCUT2D eigenvalue weighted by Gasteiger charge is 2.24. The van der Waals surface area contributed by atoms with Gasteiger partial charge < -0.3 is 14.8 Å². The molecule has 1 aliphatic carbocycles. The molecule has 0 radical (unpaired) electrons. The van der Waals surface area contributed by atoms with Crippen LogP contribution in [-0.2, 0) is 4.74 Å². The predicted molar refractivity (Wildman–Crippen MR) is 77.6 cm³/mol. The zero-order valence-electron chi connectivity index (χ0n) is 12.2. The maximum absolute atomic E-state index is 5.87. The standard InChI is InChI=1S/C16H25NO2/c1-4-10-17-16(12(2)18-3)13-6-5-7-15(11-13)19-14-8-9-14/h5-7,11-12,14,16-17H,4,8-10H2,1-3H3. The normalized spacial score (nSPS) is 18.1. The first-order valence-electron chi connectivity index (χ1n) is 7.27. The number of hydrogen-bond acceptors (Lipinski definition) is 3. The van der Waals surface area contributed by atoms with Crippen molar-refractivity contribution in [1.82, 2.24) is 5.32 Å². The summed E-state index contributed by atoms with van der Waals surface area (Å²) < 4.78 is 11.4. The van der Waals surface area contributed by atoms with E-state index in [1.54, 1.807) is 7.11 Å². The van der Waals surface area contributed by atoms with Gasteiger partial charge in [-0.2, -0.15) is 0 Å². The van der Waals surface area contributed by atoms with Crippen LogP contribution in [0.2, 0.25) is 0 Å². The van der Waals surface area contributed by atoms with Crippen molar-refractivity contribution in [3.05, 3.63) is 29.8 Å². The van der Waals surface area contributed by atoms with Gasteiger partial charge in [0.2, 0.25) is 0 Å². The summed E-state index contributed by atoms with van der Waals surface area (Å²) in [6, 6.07) is 8.60. The van der Waals surface area contributed by atoms with E-state index >= 15 is 0 Å². The van der Waals surface area contributed by atoms with Gasteiger partial charge in [-0.1, -0.05) is 19.1 Å². The molecular formula is C16H25NO2. The number of rotatable bonds is 8. The first kappa shape index (κ1) is 14.4. The zero-order valence-corrected chi connectivity index (χ0v) is 12.2. The summed E-state index contributed by atoms with van der Waals surface area (Å²) in [5.74, 6) is 0.978. The third kappa shape index (κ3) is 4.22. The van der Waals surface area contributed by atoms with E-state index in [-0.39, 0.29) is 12.1 Å². The molecule has 2 atom stereocenters. The maximum Gasteiger partial charge on any atom is 0.120 e. The molecule has 1 aromatic rings. The van der Waals surface area contributed by atoms with Crippen molar-refractivity contribution in [3.63, 3.8) is 0 Å². The highest BCUT2D eigenvalue weighted by Crippen LogP contribution is 2.29. The first-order valence-corrected chi connectivity index (χ1v) is 7.27. The fraction of sp³-hybridized carbons (Fsp3) is 0.625. The Hall–Kier alpha value is -1.06. The second-order valence-electron chi connectivity index (χ2n) is 5.26. The van der Waals surface area contributed by atoms with Gasteiger partial charge in [0.15, 0.2) is 0 Å². The number of methoxy groups -OCH3 is 1. The van der Waals surface area contributed by atoms with Crippen LogP contribution in [0.25, 0.3) is 0 Å². The van der Waals surface area contributed by atoms with E-state index in [2.05, 4.69) is 37.4 Å². The Balaban J connectivity index is 2.09. The van der Waals surface area contributed by atoms with E-state index in [4.69, 9.17) is 9.47 Å². The van der Waals surface area contributed by atoms with Gasteiger partial charge in [-0.25, -0.2) is 0 Å². The molecular weight excluding hydrogens is 238 g/mol. The van der Waals surface area contributed by atoms with E-state index < -0.39 is 0 Å². The first-order chi connectivity index (χ1) is 9.24. The number of hydrogen-bond donors (Lipinski definition) is 1. The summed E-state index contributed by atoms with van der Waals surface area (Å²) in [6.45, 7) is 5.27. The monoisotopic (exact) mass is 263 g/mol. The minimum Gasteiger partial charge on any atom is -0.490 e. The van der Waals surface area contributed by atoms with Crippen LogP contribution in [0.3, 0.4) is 0 Å². The third-order valence-corrected chi connectivity index (χ3v) is 3.50. The lowest BCUT2D eigenvalue weighted by molar-refractivity contribution is 0.0829. The molecule has 0 heterocycles. The summed E-state index contributed by atoms with van der Waals surface area (Å²) >= 11 is 0. The summed E-state index contributed by atoms with van der Waals surface area (Å²) in [6.07, 6.45) is 4.08. The molecule has 0 spiro atoms. The molecule has 2 rings (SSSR count). The largest absolute Gasteiger partial charge is 0.490 e. The molecule has 0 saturated heterocycles. The third-order valence-electron chi connectivity index (χ3n) is 3.50. The van der Waals surface area contributed by atoms with Crippen molar-refractivity contribution < 1.29 is 9.47 Å². The van der Waals surface area contributed by atoms with E-state index in [9.17, 15) is 0 Å². The Morgan fingerprint density at radius 1 is 1.37 bits per heavy atom. The van der Waals surface area contributed by atoms with Crippen molar-refractivity contribution in [2.45, 2.75) is 51.4 Å². The maximum atomic E-state index is 5.87. The minimum atomic E-state index is 0.141. The molecule has 1 fully saturated rings. The summed E-state index contributed by atoms with van der Waals surface area (Å²) in [4.78, 5) is 0. The number of ether oxygens (including phenoxy) is 2. The van der Waals surface area contributed by atoms with Crippen LogP contribution < -0.4 is 10.1 Å². The minimum absolute atomic E-state index is 0.141. The van der Waals surface area contributed by atoms with Crippen LogP contribution in [0.1, 0.15) is 44.7 Å². The Bertz CT molecular complexity index is 390. The van der Waals surface area contributed by atoms with Gasteiger partial charge in [0, 0.05) is 7.11 Å². The van der Waals surface area contributed by atoms with Crippen molar-refractivity contribution >= 4 is 0 Å². The van der Waals surface area contributed by atoms with Gasteiger partial charge in [-0.3, -0.25) is 0 Å². The Labute approximate surface area is 116 Å². The van der Waals surface area contributed by atoms with Gasteiger partial charge in [0.1, 0.15) is 5.75 Å². The highest BCUT2D eigenvalue weighted by atomic mass is 16.5. The van der Waals surface area contributed by atoms with Crippen molar-refractivity contribution in [2.75, 3.05) is 13.7 Å². The van der Waals surface area contributed by atoms with Crippen molar-refractivity contribution in [3.8, 4) is 5.75 Å². The van der Waals surface area contributed by atoms with Gasteiger partial charge in [0.25, 0.3) is 0 Å². The van der Waals surface area contributed by atoms with E-state index in [0.29, 0.717) is 6.10 Å². The lowest BCUT2D eigenvalue weighted by atomic mass is 10.0. The molecule has 3 heteroatoms. The molecule has 2 unspecified atom stereocenters. The van der Waals surface area contributed by atoms with Gasteiger partial charge in [-0.05, 0) is 50.4 Å². The quantitative estimate of drug-likeness (QED) is 0.780. The SMILES string of the molecule is CCCNC(c1cccc(OC2CC2)c1)C(C)OC. The van der Waals surface area contributed by atoms with Crippen LogP contribution in [-0.4, -0.2) is 25.9 Å². The molecule has 1 N–H and O–H groups in total. The van der Waals surface area contributed by atoms with Crippen LogP contribution in [0.5, 0.6) is 5.75 Å². The Morgan fingerprint density at radius 3 is 2.79 bits per heavy atom. The molecule has 0 aromatic heterocycles.